The number of rotatable bonds is 5. The minimum atomic E-state index is 0.624. The van der Waals surface area contributed by atoms with E-state index in [4.69, 9.17) is 0 Å². The zero-order chi connectivity index (χ0) is 13.8. The standard InChI is InChI=1S/C16H21N3S/c1-12-16(20-11-19-12)10-18-15-7-4-5-13(15)9-14-6-2-3-8-17-14/h2-3,6,8,11,13,15,18H,4-5,7,9-10H2,1H3. The second-order valence-corrected chi connectivity index (χ2v) is 6.50. The molecule has 0 radical (unpaired) electrons. The van der Waals surface area contributed by atoms with E-state index in [1.54, 1.807) is 11.3 Å². The molecule has 2 aromatic heterocycles. The summed E-state index contributed by atoms with van der Waals surface area (Å²) in [6.07, 6.45) is 6.93. The van der Waals surface area contributed by atoms with Crippen LogP contribution in [0.25, 0.3) is 0 Å². The van der Waals surface area contributed by atoms with Gasteiger partial charge in [0.25, 0.3) is 0 Å². The maximum Gasteiger partial charge on any atom is 0.0798 e. The molecule has 1 N–H and O–H groups in total. The summed E-state index contributed by atoms with van der Waals surface area (Å²) < 4.78 is 0. The fraction of sp³-hybridized carbons (Fsp3) is 0.500. The van der Waals surface area contributed by atoms with Crippen LogP contribution in [-0.4, -0.2) is 16.0 Å². The third-order valence-corrected chi connectivity index (χ3v) is 5.16. The molecule has 20 heavy (non-hydrogen) atoms. The van der Waals surface area contributed by atoms with Gasteiger partial charge in [0.1, 0.15) is 0 Å². The lowest BCUT2D eigenvalue weighted by Crippen LogP contribution is -2.33. The summed E-state index contributed by atoms with van der Waals surface area (Å²) in [5.74, 6) is 0.720. The molecule has 0 aliphatic heterocycles. The van der Waals surface area contributed by atoms with Gasteiger partial charge in [-0.25, -0.2) is 4.98 Å². The van der Waals surface area contributed by atoms with Crippen LogP contribution in [0, 0.1) is 12.8 Å². The fourth-order valence-corrected chi connectivity index (χ4v) is 3.79. The van der Waals surface area contributed by atoms with Crippen molar-refractivity contribution in [2.45, 2.75) is 45.2 Å². The number of thiazole rings is 1. The van der Waals surface area contributed by atoms with E-state index in [-0.39, 0.29) is 0 Å². The molecule has 1 fully saturated rings. The van der Waals surface area contributed by atoms with Crippen molar-refractivity contribution in [1.29, 1.82) is 0 Å². The van der Waals surface area contributed by atoms with Crippen LogP contribution in [0.1, 0.15) is 35.5 Å². The first-order chi connectivity index (χ1) is 9.83. The van der Waals surface area contributed by atoms with Gasteiger partial charge in [-0.2, -0.15) is 0 Å². The molecule has 1 aliphatic rings. The molecule has 0 amide bonds. The zero-order valence-electron chi connectivity index (χ0n) is 11.9. The van der Waals surface area contributed by atoms with E-state index in [1.165, 1.54) is 35.5 Å². The molecular formula is C16H21N3S. The largest absolute Gasteiger partial charge is 0.309 e. The van der Waals surface area contributed by atoms with Gasteiger partial charge in [0.2, 0.25) is 0 Å². The minimum Gasteiger partial charge on any atom is -0.309 e. The molecule has 2 aromatic rings. The van der Waals surface area contributed by atoms with Gasteiger partial charge in [-0.1, -0.05) is 12.5 Å². The number of aromatic nitrogens is 2. The summed E-state index contributed by atoms with van der Waals surface area (Å²) in [4.78, 5) is 10.2. The molecule has 0 bridgehead atoms. The molecule has 106 valence electrons. The van der Waals surface area contributed by atoms with Crippen LogP contribution in [0.15, 0.2) is 29.9 Å². The van der Waals surface area contributed by atoms with Crippen LogP contribution in [0.5, 0.6) is 0 Å². The van der Waals surface area contributed by atoms with Gasteiger partial charge in [-0.05, 0) is 44.2 Å². The molecule has 1 aliphatic carbocycles. The van der Waals surface area contributed by atoms with E-state index in [0.717, 1.165) is 18.9 Å². The Kier molecular flexibility index (Phi) is 4.43. The van der Waals surface area contributed by atoms with Gasteiger partial charge in [0.15, 0.2) is 0 Å². The highest BCUT2D eigenvalue weighted by Crippen LogP contribution is 2.29. The van der Waals surface area contributed by atoms with E-state index in [0.29, 0.717) is 6.04 Å². The van der Waals surface area contributed by atoms with Crippen molar-refractivity contribution in [2.75, 3.05) is 0 Å². The molecule has 0 aromatic carbocycles. The summed E-state index contributed by atoms with van der Waals surface area (Å²) in [5, 5.41) is 3.74. The van der Waals surface area contributed by atoms with Gasteiger partial charge >= 0.3 is 0 Å². The Hall–Kier alpha value is -1.26. The molecule has 0 spiro atoms. The van der Waals surface area contributed by atoms with E-state index in [1.807, 2.05) is 17.8 Å². The molecule has 2 atom stereocenters. The third-order valence-electron chi connectivity index (χ3n) is 4.23. The van der Waals surface area contributed by atoms with E-state index in [2.05, 4.69) is 34.3 Å². The van der Waals surface area contributed by atoms with Gasteiger partial charge in [-0.15, -0.1) is 11.3 Å². The summed E-state index contributed by atoms with van der Waals surface area (Å²) in [6, 6.07) is 6.84. The molecule has 3 nitrogen and oxygen atoms in total. The number of nitrogens with zero attached hydrogens (tertiary/aromatic N) is 2. The van der Waals surface area contributed by atoms with Crippen LogP contribution in [0.3, 0.4) is 0 Å². The van der Waals surface area contributed by atoms with Crippen LogP contribution >= 0.6 is 11.3 Å². The molecule has 1 saturated carbocycles. The Morgan fingerprint density at radius 1 is 1.30 bits per heavy atom. The number of aryl methyl sites for hydroxylation is 1. The Morgan fingerprint density at radius 3 is 3.00 bits per heavy atom. The number of hydrogen-bond acceptors (Lipinski definition) is 4. The SMILES string of the molecule is Cc1ncsc1CNC1CCCC1Cc1ccccn1. The maximum absolute atomic E-state index is 4.47. The topological polar surface area (TPSA) is 37.8 Å². The van der Waals surface area contributed by atoms with Crippen molar-refractivity contribution in [1.82, 2.24) is 15.3 Å². The van der Waals surface area contributed by atoms with Gasteiger partial charge < -0.3 is 5.32 Å². The second kappa shape index (κ2) is 6.46. The molecule has 0 saturated heterocycles. The molecule has 2 unspecified atom stereocenters. The normalized spacial score (nSPS) is 22.2. The first-order valence-electron chi connectivity index (χ1n) is 7.35. The predicted molar refractivity (Wildman–Crippen MR) is 82.8 cm³/mol. The van der Waals surface area contributed by atoms with Crippen molar-refractivity contribution in [3.8, 4) is 0 Å². The van der Waals surface area contributed by atoms with Crippen molar-refractivity contribution in [3.05, 3.63) is 46.2 Å². The van der Waals surface area contributed by atoms with Gasteiger partial charge in [0.05, 0.1) is 11.2 Å². The van der Waals surface area contributed by atoms with E-state index in [9.17, 15) is 0 Å². The van der Waals surface area contributed by atoms with Crippen molar-refractivity contribution >= 4 is 11.3 Å². The van der Waals surface area contributed by atoms with Crippen molar-refractivity contribution in [3.63, 3.8) is 0 Å². The molecular weight excluding hydrogens is 266 g/mol. The third kappa shape index (κ3) is 3.25. The molecule has 2 heterocycles. The Morgan fingerprint density at radius 2 is 2.25 bits per heavy atom. The maximum atomic E-state index is 4.47. The lowest BCUT2D eigenvalue weighted by Gasteiger charge is -2.20. The van der Waals surface area contributed by atoms with Gasteiger partial charge in [-0.3, -0.25) is 4.98 Å². The highest BCUT2D eigenvalue weighted by Gasteiger charge is 2.27. The predicted octanol–water partition coefficient (Wildman–Crippen LogP) is 3.35. The van der Waals surface area contributed by atoms with E-state index < -0.39 is 0 Å². The van der Waals surface area contributed by atoms with Gasteiger partial charge in [0, 0.05) is 29.4 Å². The average molecular weight is 287 g/mol. The van der Waals surface area contributed by atoms with Crippen molar-refractivity contribution < 1.29 is 0 Å². The average Bonchev–Trinajstić information content (AvgIpc) is 3.07. The van der Waals surface area contributed by atoms with Crippen LogP contribution in [-0.2, 0) is 13.0 Å². The Balaban J connectivity index is 1.57. The fourth-order valence-electron chi connectivity index (χ4n) is 3.06. The highest BCUT2D eigenvalue weighted by molar-refractivity contribution is 7.09. The lowest BCUT2D eigenvalue weighted by molar-refractivity contribution is 0.395. The number of hydrogen-bond donors (Lipinski definition) is 1. The highest BCUT2D eigenvalue weighted by atomic mass is 32.1. The Labute approximate surface area is 124 Å². The summed E-state index contributed by atoms with van der Waals surface area (Å²) in [5.41, 5.74) is 4.33. The first kappa shape index (κ1) is 13.7. The second-order valence-electron chi connectivity index (χ2n) is 5.56. The van der Waals surface area contributed by atoms with Crippen molar-refractivity contribution in [2.24, 2.45) is 5.92 Å². The number of pyridine rings is 1. The van der Waals surface area contributed by atoms with Crippen LogP contribution in [0.4, 0.5) is 0 Å². The summed E-state index contributed by atoms with van der Waals surface area (Å²) >= 11 is 1.75. The summed E-state index contributed by atoms with van der Waals surface area (Å²) in [7, 11) is 0. The first-order valence-corrected chi connectivity index (χ1v) is 8.23. The molecule has 4 heteroatoms. The Bertz CT molecular complexity index is 538. The van der Waals surface area contributed by atoms with Crippen LogP contribution in [0.2, 0.25) is 0 Å². The minimum absolute atomic E-state index is 0.624. The number of nitrogens with one attached hydrogen (secondary N) is 1. The smallest absolute Gasteiger partial charge is 0.0798 e. The molecule has 3 rings (SSSR count). The lowest BCUT2D eigenvalue weighted by atomic mass is 9.97. The summed E-state index contributed by atoms with van der Waals surface area (Å²) in [6.45, 7) is 3.05. The monoisotopic (exact) mass is 287 g/mol. The zero-order valence-corrected chi connectivity index (χ0v) is 12.7. The van der Waals surface area contributed by atoms with E-state index >= 15 is 0 Å². The van der Waals surface area contributed by atoms with Crippen LogP contribution < -0.4 is 5.32 Å². The quantitative estimate of drug-likeness (QED) is 0.916.